The van der Waals surface area contributed by atoms with Crippen LogP contribution in [0.2, 0.25) is 0 Å². The third-order valence-corrected chi connectivity index (χ3v) is 2.66. The molecule has 0 radical (unpaired) electrons. The molecule has 0 aromatic heterocycles. The van der Waals surface area contributed by atoms with Crippen molar-refractivity contribution in [2.75, 3.05) is 19.7 Å². The minimum absolute atomic E-state index is 0.466. The quantitative estimate of drug-likeness (QED) is 0.474. The number of rotatable bonds is 6. The molecule has 0 aliphatic heterocycles. The Bertz CT molecular complexity index is 489. The smallest absolute Gasteiger partial charge is 0.192 e. The second-order valence-electron chi connectivity index (χ2n) is 4.29. The van der Waals surface area contributed by atoms with Crippen LogP contribution >= 0.6 is 0 Å². The molecule has 20 heavy (non-hydrogen) atoms. The molecule has 4 heteroatoms. The molecule has 2 N–H and O–H groups in total. The normalized spacial score (nSPS) is 10.8. The van der Waals surface area contributed by atoms with Crippen LogP contribution in [0.4, 0.5) is 0 Å². The monoisotopic (exact) mass is 273 g/mol. The van der Waals surface area contributed by atoms with E-state index in [0.29, 0.717) is 19.7 Å². The first-order valence-electron chi connectivity index (χ1n) is 6.89. The fourth-order valence-electron chi connectivity index (χ4n) is 1.77. The molecule has 0 fully saturated rings. The summed E-state index contributed by atoms with van der Waals surface area (Å²) < 4.78 is 5.53. The average molecular weight is 273 g/mol. The molecular formula is C16H23N3O. The van der Waals surface area contributed by atoms with Crippen molar-refractivity contribution in [1.82, 2.24) is 10.6 Å². The van der Waals surface area contributed by atoms with Crippen LogP contribution in [0.3, 0.4) is 0 Å². The van der Waals surface area contributed by atoms with Gasteiger partial charge in [-0.15, -0.1) is 6.42 Å². The number of aliphatic imine (C=N–C) groups is 1. The van der Waals surface area contributed by atoms with Gasteiger partial charge in [0, 0.05) is 6.54 Å². The van der Waals surface area contributed by atoms with E-state index in [2.05, 4.69) is 27.6 Å². The van der Waals surface area contributed by atoms with Gasteiger partial charge in [0.05, 0.1) is 19.7 Å². The zero-order chi connectivity index (χ0) is 14.8. The fourth-order valence-corrected chi connectivity index (χ4v) is 1.77. The van der Waals surface area contributed by atoms with Gasteiger partial charge in [0.25, 0.3) is 0 Å². The van der Waals surface area contributed by atoms with Crippen molar-refractivity contribution >= 4 is 5.96 Å². The summed E-state index contributed by atoms with van der Waals surface area (Å²) in [6, 6.07) is 6.12. The van der Waals surface area contributed by atoms with Gasteiger partial charge in [-0.25, -0.2) is 4.99 Å². The zero-order valence-corrected chi connectivity index (χ0v) is 12.5. The third kappa shape index (κ3) is 5.23. The second-order valence-corrected chi connectivity index (χ2v) is 4.29. The fraction of sp³-hybridized carbons (Fsp3) is 0.438. The van der Waals surface area contributed by atoms with E-state index in [-0.39, 0.29) is 0 Å². The van der Waals surface area contributed by atoms with Crippen LogP contribution in [0.5, 0.6) is 5.75 Å². The number of guanidine groups is 1. The van der Waals surface area contributed by atoms with Gasteiger partial charge < -0.3 is 15.4 Å². The molecule has 0 spiro atoms. The first-order chi connectivity index (χ1) is 9.71. The van der Waals surface area contributed by atoms with E-state index >= 15 is 0 Å². The van der Waals surface area contributed by atoms with Gasteiger partial charge in [-0.3, -0.25) is 0 Å². The van der Waals surface area contributed by atoms with Crippen LogP contribution in [0.1, 0.15) is 25.0 Å². The van der Waals surface area contributed by atoms with Gasteiger partial charge >= 0.3 is 0 Å². The maximum atomic E-state index is 5.53. The Morgan fingerprint density at radius 1 is 1.35 bits per heavy atom. The summed E-state index contributed by atoms with van der Waals surface area (Å²) in [5.41, 5.74) is 2.27. The first kappa shape index (κ1) is 15.9. The SMILES string of the molecule is C#CCNC(=NCc1ccc(OCC)c(C)c1)NCC. The molecule has 4 nitrogen and oxygen atoms in total. The average Bonchev–Trinajstić information content (AvgIpc) is 2.45. The maximum absolute atomic E-state index is 5.53. The molecule has 0 aliphatic rings. The molecule has 0 unspecified atom stereocenters. The van der Waals surface area contributed by atoms with E-state index in [4.69, 9.17) is 11.2 Å². The number of benzene rings is 1. The number of nitrogens with one attached hydrogen (secondary N) is 2. The molecule has 1 rings (SSSR count). The summed E-state index contributed by atoms with van der Waals surface area (Å²) in [6.45, 7) is 8.60. The van der Waals surface area contributed by atoms with Crippen molar-refractivity contribution in [1.29, 1.82) is 0 Å². The van der Waals surface area contributed by atoms with Gasteiger partial charge in [-0.05, 0) is 38.0 Å². The first-order valence-corrected chi connectivity index (χ1v) is 6.89. The standard InChI is InChI=1S/C16H23N3O/c1-5-10-18-16(17-6-2)19-12-14-8-9-15(20-7-3)13(4)11-14/h1,8-9,11H,6-7,10,12H2,2-4H3,(H2,17,18,19). The summed E-state index contributed by atoms with van der Waals surface area (Å²) in [6.07, 6.45) is 5.24. The van der Waals surface area contributed by atoms with Gasteiger partial charge in [-0.2, -0.15) is 0 Å². The summed E-state index contributed by atoms with van der Waals surface area (Å²) in [7, 11) is 0. The summed E-state index contributed by atoms with van der Waals surface area (Å²) in [5.74, 6) is 4.20. The number of hydrogen-bond donors (Lipinski definition) is 2. The summed E-state index contributed by atoms with van der Waals surface area (Å²) in [5, 5.41) is 6.22. The molecular weight excluding hydrogens is 250 g/mol. The van der Waals surface area contributed by atoms with Crippen LogP contribution in [-0.4, -0.2) is 25.7 Å². The molecule has 0 heterocycles. The number of hydrogen-bond acceptors (Lipinski definition) is 2. The van der Waals surface area contributed by atoms with Crippen LogP contribution in [0.25, 0.3) is 0 Å². The number of nitrogens with zero attached hydrogens (tertiary/aromatic N) is 1. The molecule has 0 bridgehead atoms. The van der Waals surface area contributed by atoms with Gasteiger partial charge in [-0.1, -0.05) is 18.1 Å². The molecule has 0 saturated carbocycles. The Labute approximate surface area is 121 Å². The lowest BCUT2D eigenvalue weighted by molar-refractivity contribution is 0.338. The number of aryl methyl sites for hydroxylation is 1. The van der Waals surface area contributed by atoms with Crippen molar-refractivity contribution in [3.05, 3.63) is 29.3 Å². The number of terminal acetylenes is 1. The lowest BCUT2D eigenvalue weighted by Crippen LogP contribution is -2.37. The van der Waals surface area contributed by atoms with Crippen LogP contribution in [0, 0.1) is 19.3 Å². The van der Waals surface area contributed by atoms with Crippen LogP contribution < -0.4 is 15.4 Å². The Hall–Kier alpha value is -2.15. The minimum Gasteiger partial charge on any atom is -0.494 e. The van der Waals surface area contributed by atoms with E-state index < -0.39 is 0 Å². The highest BCUT2D eigenvalue weighted by Crippen LogP contribution is 2.19. The lowest BCUT2D eigenvalue weighted by atomic mass is 10.1. The molecule has 0 amide bonds. The number of ether oxygens (including phenoxy) is 1. The van der Waals surface area contributed by atoms with Gasteiger partial charge in [0.1, 0.15) is 5.75 Å². The molecule has 0 aliphatic carbocycles. The zero-order valence-electron chi connectivity index (χ0n) is 12.5. The maximum Gasteiger partial charge on any atom is 0.192 e. The van der Waals surface area contributed by atoms with E-state index in [1.54, 1.807) is 0 Å². The molecule has 108 valence electrons. The molecule has 1 aromatic rings. The van der Waals surface area contributed by atoms with E-state index in [0.717, 1.165) is 29.4 Å². The van der Waals surface area contributed by atoms with Crippen LogP contribution in [0.15, 0.2) is 23.2 Å². The molecule has 0 atom stereocenters. The molecule has 0 saturated heterocycles. The highest BCUT2D eigenvalue weighted by Gasteiger charge is 2.01. The van der Waals surface area contributed by atoms with E-state index in [9.17, 15) is 0 Å². The second kappa shape index (κ2) is 8.87. The largest absolute Gasteiger partial charge is 0.494 e. The summed E-state index contributed by atoms with van der Waals surface area (Å²) in [4.78, 5) is 4.50. The van der Waals surface area contributed by atoms with Crippen molar-refractivity contribution in [2.45, 2.75) is 27.3 Å². The Morgan fingerprint density at radius 2 is 2.15 bits per heavy atom. The predicted octanol–water partition coefficient (Wildman–Crippen LogP) is 2.08. The van der Waals surface area contributed by atoms with Crippen molar-refractivity contribution in [2.24, 2.45) is 4.99 Å². The Morgan fingerprint density at radius 3 is 2.75 bits per heavy atom. The van der Waals surface area contributed by atoms with Gasteiger partial charge in [0.15, 0.2) is 5.96 Å². The lowest BCUT2D eigenvalue weighted by Gasteiger charge is -2.10. The van der Waals surface area contributed by atoms with E-state index in [1.165, 1.54) is 0 Å². The predicted molar refractivity (Wildman–Crippen MR) is 84.0 cm³/mol. The third-order valence-electron chi connectivity index (χ3n) is 2.66. The summed E-state index contributed by atoms with van der Waals surface area (Å²) >= 11 is 0. The van der Waals surface area contributed by atoms with Crippen molar-refractivity contribution in [3.63, 3.8) is 0 Å². The Kier molecular flexibility index (Phi) is 7.05. The van der Waals surface area contributed by atoms with Crippen molar-refractivity contribution in [3.8, 4) is 18.1 Å². The molecule has 1 aromatic carbocycles. The van der Waals surface area contributed by atoms with E-state index in [1.807, 2.05) is 32.9 Å². The topological polar surface area (TPSA) is 45.7 Å². The van der Waals surface area contributed by atoms with Crippen molar-refractivity contribution < 1.29 is 4.74 Å². The Balaban J connectivity index is 2.71. The van der Waals surface area contributed by atoms with Crippen LogP contribution in [-0.2, 0) is 6.54 Å². The highest BCUT2D eigenvalue weighted by atomic mass is 16.5. The minimum atomic E-state index is 0.466. The van der Waals surface area contributed by atoms with Gasteiger partial charge in [0.2, 0.25) is 0 Å². The highest BCUT2D eigenvalue weighted by molar-refractivity contribution is 5.79.